The molecular weight excluding hydrogens is 464 g/mol. The molecule has 2 aromatic rings. The van der Waals surface area contributed by atoms with Crippen LogP contribution in [0.25, 0.3) is 6.08 Å². The molecule has 7 nitrogen and oxygen atoms in total. The number of carbonyl (C=O) groups excluding carboxylic acids is 3. The Balaban J connectivity index is 1.72. The predicted molar refractivity (Wildman–Crippen MR) is 131 cm³/mol. The number of nitrogens with zero attached hydrogens (tertiary/aromatic N) is 1. The fourth-order valence-electron chi connectivity index (χ4n) is 3.02. The van der Waals surface area contributed by atoms with Gasteiger partial charge in [0, 0.05) is 10.7 Å². The number of amides is 3. The molecule has 1 fully saturated rings. The summed E-state index contributed by atoms with van der Waals surface area (Å²) in [5, 5.41) is 2.66. The Bertz CT molecular complexity index is 1120. The van der Waals surface area contributed by atoms with Crippen LogP contribution in [0.15, 0.2) is 41.3 Å². The molecule has 9 heteroatoms. The van der Waals surface area contributed by atoms with Crippen molar-refractivity contribution in [3.8, 4) is 11.5 Å². The van der Waals surface area contributed by atoms with Crippen molar-refractivity contribution in [2.45, 2.75) is 33.3 Å². The fraction of sp³-hybridized carbons (Fsp3) is 0.292. The van der Waals surface area contributed by atoms with E-state index in [-0.39, 0.29) is 17.6 Å². The normalized spacial score (nSPS) is 15.7. The van der Waals surface area contributed by atoms with Gasteiger partial charge in [0.1, 0.15) is 6.54 Å². The van der Waals surface area contributed by atoms with Gasteiger partial charge in [0.15, 0.2) is 11.5 Å². The highest BCUT2D eigenvalue weighted by Gasteiger charge is 2.36. The highest BCUT2D eigenvalue weighted by Crippen LogP contribution is 2.35. The highest BCUT2D eigenvalue weighted by atomic mass is 35.5. The molecule has 0 bridgehead atoms. The molecule has 1 atom stereocenters. The van der Waals surface area contributed by atoms with Crippen LogP contribution in [0.4, 0.5) is 10.5 Å². The van der Waals surface area contributed by atoms with E-state index in [0.717, 1.165) is 28.6 Å². The van der Waals surface area contributed by atoms with Crippen molar-refractivity contribution in [1.82, 2.24) is 4.90 Å². The number of rotatable bonds is 8. The molecule has 0 saturated carbocycles. The number of aryl methyl sites for hydroxylation is 1. The van der Waals surface area contributed by atoms with E-state index >= 15 is 0 Å². The molecule has 0 spiro atoms. The summed E-state index contributed by atoms with van der Waals surface area (Å²) in [6.07, 6.45) is 2.48. The molecule has 0 unspecified atom stereocenters. The lowest BCUT2D eigenvalue weighted by molar-refractivity contribution is -0.127. The molecular formula is C24H25ClN2O5S. The molecule has 1 N–H and O–H groups in total. The number of ether oxygens (including phenoxy) is 2. The second-order valence-corrected chi connectivity index (χ2v) is 8.95. The first-order chi connectivity index (χ1) is 15.7. The maximum atomic E-state index is 12.8. The molecule has 0 radical (unpaired) electrons. The quantitative estimate of drug-likeness (QED) is 0.493. The Morgan fingerprint density at radius 3 is 2.67 bits per heavy atom. The monoisotopic (exact) mass is 488 g/mol. The van der Waals surface area contributed by atoms with Gasteiger partial charge < -0.3 is 14.8 Å². The number of carbonyl (C=O) groups is 3. The molecule has 0 aromatic heterocycles. The molecule has 1 aliphatic rings. The minimum Gasteiger partial charge on any atom is -0.493 e. The van der Waals surface area contributed by atoms with Gasteiger partial charge in [-0.3, -0.25) is 19.3 Å². The Morgan fingerprint density at radius 1 is 1.21 bits per heavy atom. The van der Waals surface area contributed by atoms with Crippen molar-refractivity contribution in [2.24, 2.45) is 0 Å². The molecule has 0 aliphatic carbocycles. The standard InChI is InChI=1S/C24H25ClN2O5S/c1-5-15(3)32-19-9-7-16(10-20(19)31-4)11-21-23(29)27(24(30)33-21)13-22(28)26-18-12-17(25)8-6-14(18)2/h6-12,15H,5,13H2,1-4H3,(H,26,28)/b21-11-/t15-/m1/s1. The van der Waals surface area contributed by atoms with Crippen LogP contribution < -0.4 is 14.8 Å². The van der Waals surface area contributed by atoms with Crippen molar-refractivity contribution in [1.29, 1.82) is 0 Å². The van der Waals surface area contributed by atoms with Crippen LogP contribution in [0.1, 0.15) is 31.4 Å². The minimum absolute atomic E-state index is 0.0306. The van der Waals surface area contributed by atoms with Crippen molar-refractivity contribution in [2.75, 3.05) is 19.0 Å². The number of methoxy groups -OCH3 is 1. The highest BCUT2D eigenvalue weighted by molar-refractivity contribution is 8.18. The molecule has 33 heavy (non-hydrogen) atoms. The van der Waals surface area contributed by atoms with Crippen LogP contribution in [0.5, 0.6) is 11.5 Å². The Morgan fingerprint density at radius 2 is 1.97 bits per heavy atom. The molecule has 1 saturated heterocycles. The minimum atomic E-state index is -0.526. The first-order valence-corrected chi connectivity index (χ1v) is 11.6. The molecule has 3 rings (SSSR count). The summed E-state index contributed by atoms with van der Waals surface area (Å²) in [5.41, 5.74) is 2.02. The summed E-state index contributed by atoms with van der Waals surface area (Å²) in [5.74, 6) is 0.114. The zero-order chi connectivity index (χ0) is 24.1. The molecule has 174 valence electrons. The Kier molecular flexibility index (Phi) is 8.05. The van der Waals surface area contributed by atoms with Crippen molar-refractivity contribution in [3.05, 3.63) is 57.5 Å². The lowest BCUT2D eigenvalue weighted by Gasteiger charge is -2.16. The molecule has 1 heterocycles. The van der Waals surface area contributed by atoms with Crippen LogP contribution in [0.2, 0.25) is 5.02 Å². The Hall–Kier alpha value is -2.97. The van der Waals surface area contributed by atoms with Crippen molar-refractivity contribution in [3.63, 3.8) is 0 Å². The number of thioether (sulfide) groups is 1. The summed E-state index contributed by atoms with van der Waals surface area (Å²) in [4.78, 5) is 38.8. The van der Waals surface area contributed by atoms with Gasteiger partial charge in [0.25, 0.3) is 11.1 Å². The van der Waals surface area contributed by atoms with Gasteiger partial charge in [-0.2, -0.15) is 0 Å². The number of benzene rings is 2. The zero-order valence-electron chi connectivity index (χ0n) is 18.8. The van der Waals surface area contributed by atoms with E-state index in [1.54, 1.807) is 42.5 Å². The van der Waals surface area contributed by atoms with Crippen LogP contribution in [-0.4, -0.2) is 41.7 Å². The van der Waals surface area contributed by atoms with E-state index in [1.165, 1.54) is 7.11 Å². The first-order valence-electron chi connectivity index (χ1n) is 10.4. The van der Waals surface area contributed by atoms with Gasteiger partial charge in [-0.25, -0.2) is 0 Å². The van der Waals surface area contributed by atoms with Gasteiger partial charge in [-0.1, -0.05) is 30.7 Å². The summed E-state index contributed by atoms with van der Waals surface area (Å²) in [6, 6.07) is 10.4. The van der Waals surface area contributed by atoms with E-state index in [4.69, 9.17) is 21.1 Å². The van der Waals surface area contributed by atoms with Gasteiger partial charge >= 0.3 is 0 Å². The smallest absolute Gasteiger partial charge is 0.294 e. The average molecular weight is 489 g/mol. The third-order valence-electron chi connectivity index (χ3n) is 5.04. The van der Waals surface area contributed by atoms with E-state index < -0.39 is 17.1 Å². The third-order valence-corrected chi connectivity index (χ3v) is 6.18. The van der Waals surface area contributed by atoms with E-state index in [9.17, 15) is 14.4 Å². The fourth-order valence-corrected chi connectivity index (χ4v) is 4.03. The summed E-state index contributed by atoms with van der Waals surface area (Å²) in [7, 11) is 1.54. The van der Waals surface area contributed by atoms with Crippen LogP contribution in [0.3, 0.4) is 0 Å². The first kappa shape index (κ1) is 24.7. The molecule has 1 aliphatic heterocycles. The molecule has 3 amide bonds. The lowest BCUT2D eigenvalue weighted by atomic mass is 10.1. The van der Waals surface area contributed by atoms with E-state index in [2.05, 4.69) is 5.32 Å². The van der Waals surface area contributed by atoms with Gasteiger partial charge in [0.05, 0.1) is 18.1 Å². The van der Waals surface area contributed by atoms with Gasteiger partial charge in [-0.15, -0.1) is 0 Å². The maximum absolute atomic E-state index is 12.8. The average Bonchev–Trinajstić information content (AvgIpc) is 3.04. The number of anilines is 1. The van der Waals surface area contributed by atoms with Crippen molar-refractivity contribution < 1.29 is 23.9 Å². The lowest BCUT2D eigenvalue weighted by Crippen LogP contribution is -2.36. The van der Waals surface area contributed by atoms with Crippen LogP contribution in [0, 0.1) is 6.92 Å². The number of hydrogen-bond acceptors (Lipinski definition) is 6. The number of imide groups is 1. The number of halogens is 1. The zero-order valence-corrected chi connectivity index (χ0v) is 20.4. The van der Waals surface area contributed by atoms with Crippen LogP contribution >= 0.6 is 23.4 Å². The summed E-state index contributed by atoms with van der Waals surface area (Å²) >= 11 is 6.77. The molecule has 2 aromatic carbocycles. The maximum Gasteiger partial charge on any atom is 0.294 e. The predicted octanol–water partition coefficient (Wildman–Crippen LogP) is 5.51. The second-order valence-electron chi connectivity index (χ2n) is 7.52. The van der Waals surface area contributed by atoms with E-state index in [1.807, 2.05) is 20.8 Å². The third kappa shape index (κ3) is 6.09. The van der Waals surface area contributed by atoms with Gasteiger partial charge in [0.2, 0.25) is 5.91 Å². The summed E-state index contributed by atoms with van der Waals surface area (Å²) < 4.78 is 11.2. The Labute approximate surface area is 202 Å². The SMILES string of the molecule is CC[C@@H](C)Oc1ccc(/C=C2\SC(=O)N(CC(=O)Nc3cc(Cl)ccc3C)C2=O)cc1OC. The summed E-state index contributed by atoms with van der Waals surface area (Å²) in [6.45, 7) is 5.42. The second kappa shape index (κ2) is 10.8. The largest absolute Gasteiger partial charge is 0.493 e. The van der Waals surface area contributed by atoms with E-state index in [0.29, 0.717) is 27.8 Å². The number of hydrogen-bond donors (Lipinski definition) is 1. The van der Waals surface area contributed by atoms with Crippen molar-refractivity contribution >= 4 is 52.2 Å². The topological polar surface area (TPSA) is 84.9 Å². The number of nitrogens with one attached hydrogen (secondary N) is 1. The van der Waals surface area contributed by atoms with Crippen LogP contribution in [-0.2, 0) is 9.59 Å². The van der Waals surface area contributed by atoms with Gasteiger partial charge in [-0.05, 0) is 73.5 Å².